The van der Waals surface area contributed by atoms with Crippen molar-refractivity contribution in [3.63, 3.8) is 0 Å². The maximum absolute atomic E-state index is 11.3. The summed E-state index contributed by atoms with van der Waals surface area (Å²) in [5.74, 6) is -1.08. The van der Waals surface area contributed by atoms with Crippen molar-refractivity contribution in [2.75, 3.05) is 6.54 Å². The van der Waals surface area contributed by atoms with Gasteiger partial charge in [0.2, 0.25) is 0 Å². The van der Waals surface area contributed by atoms with Gasteiger partial charge in [-0.15, -0.1) is 6.58 Å². The van der Waals surface area contributed by atoms with Crippen LogP contribution in [0.2, 0.25) is 0 Å². The van der Waals surface area contributed by atoms with Crippen LogP contribution in [-0.4, -0.2) is 24.6 Å². The number of nitrogens with zero attached hydrogens (tertiary/aromatic N) is 1. The first-order valence-corrected chi connectivity index (χ1v) is 6.36. The quantitative estimate of drug-likeness (QED) is 0.370. The number of carbonyl (C=O) groups excluding carboxylic acids is 2. The fourth-order valence-electron chi connectivity index (χ4n) is 1.43. The fraction of sp³-hybridized carbons (Fsp3) is 0.267. The summed E-state index contributed by atoms with van der Waals surface area (Å²) in [7, 11) is 0. The molecule has 0 aromatic heterocycles. The molecule has 5 nitrogen and oxygen atoms in total. The summed E-state index contributed by atoms with van der Waals surface area (Å²) in [6.07, 6.45) is 2.98. The largest absolute Gasteiger partial charge is 0.344 e. The Morgan fingerprint density at radius 3 is 2.45 bits per heavy atom. The molecule has 1 aromatic carbocycles. The third-order valence-electron chi connectivity index (χ3n) is 2.60. The van der Waals surface area contributed by atoms with Crippen molar-refractivity contribution < 1.29 is 9.59 Å². The Kier molecular flexibility index (Phi) is 6.16. The lowest BCUT2D eigenvalue weighted by Crippen LogP contribution is -2.37. The molecule has 0 aliphatic rings. The molecule has 0 aliphatic carbocycles. The van der Waals surface area contributed by atoms with E-state index in [1.54, 1.807) is 0 Å². The number of hydrogen-bond acceptors (Lipinski definition) is 3. The molecule has 0 aliphatic heterocycles. The zero-order valence-electron chi connectivity index (χ0n) is 11.7. The molecule has 2 N–H and O–H groups in total. The Hall–Kier alpha value is -2.43. The Labute approximate surface area is 118 Å². The van der Waals surface area contributed by atoms with Crippen LogP contribution in [0.1, 0.15) is 30.9 Å². The van der Waals surface area contributed by atoms with Crippen LogP contribution in [0.4, 0.5) is 0 Å². The molecule has 106 valence electrons. The second-order valence-corrected chi connectivity index (χ2v) is 4.52. The minimum Gasteiger partial charge on any atom is -0.344 e. The van der Waals surface area contributed by atoms with Gasteiger partial charge in [0.15, 0.2) is 0 Å². The second-order valence-electron chi connectivity index (χ2n) is 4.52. The van der Waals surface area contributed by atoms with Gasteiger partial charge in [0.1, 0.15) is 0 Å². The van der Waals surface area contributed by atoms with Crippen LogP contribution >= 0.6 is 0 Å². The molecule has 0 spiro atoms. The Bertz CT molecular complexity index is 504. The van der Waals surface area contributed by atoms with E-state index in [1.807, 2.05) is 24.3 Å². The highest BCUT2D eigenvalue weighted by molar-refractivity contribution is 6.35. The summed E-state index contributed by atoms with van der Waals surface area (Å²) < 4.78 is 0. The van der Waals surface area contributed by atoms with Gasteiger partial charge in [-0.3, -0.25) is 9.59 Å². The van der Waals surface area contributed by atoms with Gasteiger partial charge in [-0.25, -0.2) is 5.43 Å². The number of carbonyl (C=O) groups is 2. The third kappa shape index (κ3) is 5.06. The predicted molar refractivity (Wildman–Crippen MR) is 79.5 cm³/mol. The molecule has 0 heterocycles. The standard InChI is InChI=1S/C15H19N3O2/c1-4-9-16-14(19)15(20)18-17-10-12-5-7-13(8-6-12)11(2)3/h4-8,10-11H,1,9H2,2-3H3,(H,16,19)(H,18,20)/b17-10+. The van der Waals surface area contributed by atoms with Crippen molar-refractivity contribution in [1.29, 1.82) is 0 Å². The first kappa shape index (κ1) is 15.6. The molecular formula is C15H19N3O2. The average molecular weight is 273 g/mol. The van der Waals surface area contributed by atoms with Crippen molar-refractivity contribution >= 4 is 18.0 Å². The molecule has 0 fully saturated rings. The zero-order valence-corrected chi connectivity index (χ0v) is 11.7. The van der Waals surface area contributed by atoms with E-state index in [1.165, 1.54) is 17.9 Å². The summed E-state index contributed by atoms with van der Waals surface area (Å²) >= 11 is 0. The number of hydrogen-bond donors (Lipinski definition) is 2. The highest BCUT2D eigenvalue weighted by atomic mass is 16.2. The molecule has 2 amide bonds. The summed E-state index contributed by atoms with van der Waals surface area (Å²) in [4.78, 5) is 22.5. The molecule has 0 atom stereocenters. The van der Waals surface area contributed by atoms with Gasteiger partial charge in [0, 0.05) is 6.54 Å². The summed E-state index contributed by atoms with van der Waals surface area (Å²) in [5, 5.41) is 6.09. The maximum atomic E-state index is 11.3. The van der Waals surface area contributed by atoms with Crippen molar-refractivity contribution in [3.8, 4) is 0 Å². The number of benzene rings is 1. The van der Waals surface area contributed by atoms with E-state index in [0.29, 0.717) is 5.92 Å². The highest BCUT2D eigenvalue weighted by Gasteiger charge is 2.10. The lowest BCUT2D eigenvalue weighted by Gasteiger charge is -2.04. The zero-order chi connectivity index (χ0) is 15.0. The SMILES string of the molecule is C=CCNC(=O)C(=O)N/N=C/c1ccc(C(C)C)cc1. The van der Waals surface area contributed by atoms with Gasteiger partial charge in [0.25, 0.3) is 0 Å². The van der Waals surface area contributed by atoms with Crippen LogP contribution < -0.4 is 10.7 Å². The fourth-order valence-corrected chi connectivity index (χ4v) is 1.43. The molecule has 1 rings (SSSR count). The lowest BCUT2D eigenvalue weighted by molar-refractivity contribution is -0.139. The van der Waals surface area contributed by atoms with Crippen LogP contribution in [0.15, 0.2) is 42.0 Å². The lowest BCUT2D eigenvalue weighted by atomic mass is 10.0. The van der Waals surface area contributed by atoms with E-state index in [2.05, 4.69) is 36.3 Å². The van der Waals surface area contributed by atoms with Crippen LogP contribution in [0, 0.1) is 0 Å². The molecule has 0 saturated carbocycles. The van der Waals surface area contributed by atoms with E-state index in [0.717, 1.165) is 5.56 Å². The second kappa shape index (κ2) is 7.89. The van der Waals surface area contributed by atoms with E-state index < -0.39 is 11.8 Å². The predicted octanol–water partition coefficient (Wildman–Crippen LogP) is 1.56. The van der Waals surface area contributed by atoms with Crippen LogP contribution in [-0.2, 0) is 9.59 Å². The molecule has 0 bridgehead atoms. The Morgan fingerprint density at radius 1 is 1.25 bits per heavy atom. The van der Waals surface area contributed by atoms with Crippen molar-refractivity contribution in [1.82, 2.24) is 10.7 Å². The van der Waals surface area contributed by atoms with Crippen LogP contribution in [0.5, 0.6) is 0 Å². The normalized spacial score (nSPS) is 10.6. The number of amides is 2. The van der Waals surface area contributed by atoms with E-state index in [4.69, 9.17) is 0 Å². The van der Waals surface area contributed by atoms with Gasteiger partial charge in [0.05, 0.1) is 6.21 Å². The van der Waals surface area contributed by atoms with Crippen molar-refractivity contribution in [2.45, 2.75) is 19.8 Å². The summed E-state index contributed by atoms with van der Waals surface area (Å²) in [5.41, 5.74) is 4.24. The summed E-state index contributed by atoms with van der Waals surface area (Å²) in [6, 6.07) is 7.82. The molecule has 0 unspecified atom stereocenters. The smallest absolute Gasteiger partial charge is 0.329 e. The van der Waals surface area contributed by atoms with Crippen LogP contribution in [0.3, 0.4) is 0 Å². The monoisotopic (exact) mass is 273 g/mol. The first-order chi connectivity index (χ1) is 9.54. The minimum absolute atomic E-state index is 0.243. The molecule has 0 saturated heterocycles. The average Bonchev–Trinajstić information content (AvgIpc) is 2.45. The Morgan fingerprint density at radius 2 is 1.90 bits per heavy atom. The number of nitrogens with one attached hydrogen (secondary N) is 2. The molecule has 1 aromatic rings. The van der Waals surface area contributed by atoms with Gasteiger partial charge in [-0.2, -0.15) is 5.10 Å². The topological polar surface area (TPSA) is 70.6 Å². The van der Waals surface area contributed by atoms with Gasteiger partial charge < -0.3 is 5.32 Å². The molecule has 5 heteroatoms. The molecular weight excluding hydrogens is 254 g/mol. The van der Waals surface area contributed by atoms with E-state index >= 15 is 0 Å². The first-order valence-electron chi connectivity index (χ1n) is 6.36. The van der Waals surface area contributed by atoms with Crippen molar-refractivity contribution in [3.05, 3.63) is 48.0 Å². The number of rotatable bonds is 5. The van der Waals surface area contributed by atoms with Gasteiger partial charge >= 0.3 is 11.8 Å². The van der Waals surface area contributed by atoms with Gasteiger partial charge in [-0.1, -0.05) is 44.2 Å². The minimum atomic E-state index is -0.804. The van der Waals surface area contributed by atoms with Gasteiger partial charge in [-0.05, 0) is 17.0 Å². The third-order valence-corrected chi connectivity index (χ3v) is 2.60. The van der Waals surface area contributed by atoms with Crippen LogP contribution in [0.25, 0.3) is 0 Å². The molecule has 0 radical (unpaired) electrons. The molecule has 20 heavy (non-hydrogen) atoms. The van der Waals surface area contributed by atoms with Crippen molar-refractivity contribution in [2.24, 2.45) is 5.10 Å². The number of hydrazone groups is 1. The van der Waals surface area contributed by atoms with E-state index in [9.17, 15) is 9.59 Å². The highest BCUT2D eigenvalue weighted by Crippen LogP contribution is 2.13. The maximum Gasteiger partial charge on any atom is 0.329 e. The Balaban J connectivity index is 2.50. The van der Waals surface area contributed by atoms with E-state index in [-0.39, 0.29) is 6.54 Å². The summed E-state index contributed by atoms with van der Waals surface area (Å²) in [6.45, 7) is 7.91.